The van der Waals surface area contributed by atoms with Crippen LogP contribution in [-0.4, -0.2) is 71.2 Å². The first kappa shape index (κ1) is 17.9. The average molecular weight is 366 g/mol. The summed E-state index contributed by atoms with van der Waals surface area (Å²) in [5.74, 6) is -0.693. The Balaban J connectivity index is 1.70. The first-order valence-electron chi connectivity index (χ1n) is 7.83. The third kappa shape index (κ3) is 3.56. The topological polar surface area (TPSA) is 122 Å². The molecule has 0 bridgehead atoms. The van der Waals surface area contributed by atoms with Gasteiger partial charge in [0.25, 0.3) is 0 Å². The van der Waals surface area contributed by atoms with E-state index in [1.54, 1.807) is 17.0 Å². The molecule has 1 saturated heterocycles. The first-order chi connectivity index (χ1) is 11.9. The summed E-state index contributed by atoms with van der Waals surface area (Å²) < 4.78 is 10.5. The van der Waals surface area contributed by atoms with Gasteiger partial charge in [0, 0.05) is 19.1 Å². The van der Waals surface area contributed by atoms with Crippen LogP contribution in [0.3, 0.4) is 0 Å². The number of thioether (sulfide) groups is 1. The second kappa shape index (κ2) is 7.15. The number of nitrogens with two attached hydrogens (primary N) is 1. The van der Waals surface area contributed by atoms with Crippen LogP contribution in [0.4, 0.5) is 0 Å². The van der Waals surface area contributed by atoms with Crippen LogP contribution in [0.5, 0.6) is 11.5 Å². The first-order valence-corrected chi connectivity index (χ1v) is 8.88. The second-order valence-electron chi connectivity index (χ2n) is 6.06. The number of fused-ring (bicyclic) bond motifs is 1. The number of nitrogens with zero attached hydrogens (tertiary/aromatic N) is 1. The van der Waals surface area contributed by atoms with Crippen molar-refractivity contribution in [2.75, 3.05) is 26.0 Å². The zero-order valence-electron chi connectivity index (χ0n) is 13.7. The number of rotatable bonds is 5. The summed E-state index contributed by atoms with van der Waals surface area (Å²) in [6.45, 7) is 1.13. The number of hydrogen-bond acceptors (Lipinski definition) is 7. The minimum atomic E-state index is -1.20. The standard InChI is InChI=1S/C15H19BN2O6S/c1-23-10-3-2-8-4-11(16(22)24-14(8)13(10)15(20)21)25-7-12(19)18-5-9(17)6-18/h2-3,9,11,22H,4-7,17H2,1H3,(H,20,21)/t11-/m0/s1. The van der Waals surface area contributed by atoms with E-state index in [9.17, 15) is 19.7 Å². The molecule has 1 amide bonds. The molecule has 25 heavy (non-hydrogen) atoms. The number of carbonyl (C=O) groups excluding carboxylic acids is 1. The highest BCUT2D eigenvalue weighted by Crippen LogP contribution is 2.38. The highest BCUT2D eigenvalue weighted by atomic mass is 32.2. The molecular weight excluding hydrogens is 347 g/mol. The molecule has 0 aliphatic carbocycles. The Hall–Kier alpha value is -1.91. The molecule has 0 aromatic heterocycles. The van der Waals surface area contributed by atoms with Crippen molar-refractivity contribution in [3.8, 4) is 11.5 Å². The minimum absolute atomic E-state index is 0.0225. The van der Waals surface area contributed by atoms with Gasteiger partial charge in [-0.25, -0.2) is 4.79 Å². The molecule has 0 radical (unpaired) electrons. The van der Waals surface area contributed by atoms with Gasteiger partial charge >= 0.3 is 13.1 Å². The Morgan fingerprint density at radius 2 is 2.20 bits per heavy atom. The fourth-order valence-corrected chi connectivity index (χ4v) is 3.97. The Kier molecular flexibility index (Phi) is 5.12. The molecule has 1 aromatic rings. The molecule has 2 aliphatic rings. The van der Waals surface area contributed by atoms with Gasteiger partial charge in [0.2, 0.25) is 5.91 Å². The SMILES string of the molecule is COc1ccc2c(c1C(=O)O)OB(O)[C@@H](SCC(=O)N1CC(N)C1)C2. The molecule has 2 aliphatic heterocycles. The van der Waals surface area contributed by atoms with Crippen molar-refractivity contribution in [1.29, 1.82) is 0 Å². The Bertz CT molecular complexity index is 697. The molecule has 0 spiro atoms. The van der Waals surface area contributed by atoms with Gasteiger partial charge in [-0.1, -0.05) is 6.07 Å². The van der Waals surface area contributed by atoms with Crippen molar-refractivity contribution in [1.82, 2.24) is 4.90 Å². The van der Waals surface area contributed by atoms with Crippen molar-refractivity contribution in [2.24, 2.45) is 5.73 Å². The molecule has 0 unspecified atom stereocenters. The smallest absolute Gasteiger partial charge is 0.534 e. The van der Waals surface area contributed by atoms with Crippen LogP contribution >= 0.6 is 11.8 Å². The number of carboxylic acid groups (broad SMARTS) is 1. The van der Waals surface area contributed by atoms with Gasteiger partial charge in [-0.05, 0) is 18.1 Å². The van der Waals surface area contributed by atoms with Crippen LogP contribution in [-0.2, 0) is 11.2 Å². The molecule has 4 N–H and O–H groups in total. The summed E-state index contributed by atoms with van der Waals surface area (Å²) >= 11 is 1.29. The number of amides is 1. The number of carboxylic acids is 1. The number of benzene rings is 1. The quantitative estimate of drug-likeness (QED) is 0.603. The van der Waals surface area contributed by atoms with E-state index in [0.29, 0.717) is 25.1 Å². The maximum absolute atomic E-state index is 12.0. The van der Waals surface area contributed by atoms with E-state index in [2.05, 4.69) is 0 Å². The van der Waals surface area contributed by atoms with Crippen molar-refractivity contribution >= 4 is 30.8 Å². The number of methoxy groups -OCH3 is 1. The van der Waals surface area contributed by atoms with Gasteiger partial charge in [0.15, 0.2) is 0 Å². The largest absolute Gasteiger partial charge is 0.536 e. The summed E-state index contributed by atoms with van der Waals surface area (Å²) in [6.07, 6.45) is 0.401. The molecule has 134 valence electrons. The van der Waals surface area contributed by atoms with Gasteiger partial charge < -0.3 is 30.2 Å². The maximum atomic E-state index is 12.0. The highest BCUT2D eigenvalue weighted by Gasteiger charge is 2.39. The summed E-state index contributed by atoms with van der Waals surface area (Å²) in [5, 5.41) is 19.3. The van der Waals surface area contributed by atoms with Crippen molar-refractivity contribution in [3.63, 3.8) is 0 Å². The van der Waals surface area contributed by atoms with E-state index in [0.717, 1.165) is 0 Å². The van der Waals surface area contributed by atoms with Crippen molar-refractivity contribution in [3.05, 3.63) is 23.3 Å². The molecule has 1 aromatic carbocycles. The van der Waals surface area contributed by atoms with E-state index < -0.39 is 13.1 Å². The fourth-order valence-electron chi connectivity index (χ4n) is 2.92. The number of ether oxygens (including phenoxy) is 1. The monoisotopic (exact) mass is 366 g/mol. The number of aromatic carboxylic acids is 1. The molecule has 10 heteroatoms. The third-order valence-corrected chi connectivity index (χ3v) is 5.54. The lowest BCUT2D eigenvalue weighted by Crippen LogP contribution is -2.58. The van der Waals surface area contributed by atoms with Crippen LogP contribution in [0.15, 0.2) is 12.1 Å². The zero-order chi connectivity index (χ0) is 18.1. The van der Waals surface area contributed by atoms with Crippen LogP contribution in [0, 0.1) is 0 Å². The van der Waals surface area contributed by atoms with Crippen LogP contribution in [0.1, 0.15) is 15.9 Å². The average Bonchev–Trinajstić information content (AvgIpc) is 2.55. The van der Waals surface area contributed by atoms with Crippen LogP contribution < -0.4 is 15.1 Å². The van der Waals surface area contributed by atoms with Gasteiger partial charge in [-0.3, -0.25) is 4.79 Å². The molecular formula is C15H19BN2O6S. The number of likely N-dealkylation sites (tertiary alicyclic amines) is 1. The summed E-state index contributed by atoms with van der Waals surface area (Å²) in [4.78, 5) is 25.2. The fraction of sp³-hybridized carbons (Fsp3) is 0.467. The van der Waals surface area contributed by atoms with Crippen molar-refractivity contribution in [2.45, 2.75) is 17.6 Å². The molecule has 1 fully saturated rings. The predicted molar refractivity (Wildman–Crippen MR) is 93.1 cm³/mol. The Labute approximate surface area is 149 Å². The Morgan fingerprint density at radius 3 is 2.80 bits per heavy atom. The lowest BCUT2D eigenvalue weighted by Gasteiger charge is -2.37. The number of carbonyl (C=O) groups is 2. The zero-order valence-corrected chi connectivity index (χ0v) is 14.5. The van der Waals surface area contributed by atoms with E-state index in [1.807, 2.05) is 0 Å². The van der Waals surface area contributed by atoms with Crippen molar-refractivity contribution < 1.29 is 29.1 Å². The summed E-state index contributed by atoms with van der Waals surface area (Å²) in [6, 6.07) is 3.34. The van der Waals surface area contributed by atoms with E-state index in [1.165, 1.54) is 18.9 Å². The summed E-state index contributed by atoms with van der Waals surface area (Å²) in [5.41, 5.74) is 6.23. The lowest BCUT2D eigenvalue weighted by molar-refractivity contribution is -0.132. The van der Waals surface area contributed by atoms with Gasteiger partial charge in [-0.2, -0.15) is 0 Å². The highest BCUT2D eigenvalue weighted by molar-refractivity contribution is 8.01. The van der Waals surface area contributed by atoms with E-state index in [4.69, 9.17) is 15.1 Å². The van der Waals surface area contributed by atoms with Gasteiger partial charge in [-0.15, -0.1) is 11.8 Å². The second-order valence-corrected chi connectivity index (χ2v) is 7.28. The number of hydrogen-bond donors (Lipinski definition) is 3. The molecule has 3 rings (SSSR count). The van der Waals surface area contributed by atoms with E-state index in [-0.39, 0.29) is 39.9 Å². The molecule has 8 nitrogen and oxygen atoms in total. The maximum Gasteiger partial charge on any atom is 0.536 e. The Morgan fingerprint density at radius 1 is 1.48 bits per heavy atom. The lowest BCUT2D eigenvalue weighted by atomic mass is 9.77. The van der Waals surface area contributed by atoms with Gasteiger partial charge in [0.05, 0.1) is 18.0 Å². The van der Waals surface area contributed by atoms with E-state index >= 15 is 0 Å². The normalized spacial score (nSPS) is 19.7. The molecule has 1 atom stereocenters. The van der Waals surface area contributed by atoms with Crippen LogP contribution in [0.25, 0.3) is 0 Å². The molecule has 0 saturated carbocycles. The third-order valence-electron chi connectivity index (χ3n) is 4.30. The minimum Gasteiger partial charge on any atom is -0.534 e. The molecule has 2 heterocycles. The van der Waals surface area contributed by atoms with Gasteiger partial charge in [0.1, 0.15) is 17.1 Å². The predicted octanol–water partition coefficient (Wildman–Crippen LogP) is -0.381. The summed E-state index contributed by atoms with van der Waals surface area (Å²) in [7, 11) is 0.175. The van der Waals surface area contributed by atoms with Crippen LogP contribution in [0.2, 0.25) is 0 Å².